The van der Waals surface area contributed by atoms with Crippen molar-refractivity contribution >= 4 is 17.9 Å². The van der Waals surface area contributed by atoms with Crippen LogP contribution in [0.5, 0.6) is 0 Å². The van der Waals surface area contributed by atoms with Crippen LogP contribution in [-0.4, -0.2) is 77.3 Å². The molecule has 36 heavy (non-hydrogen) atoms. The van der Waals surface area contributed by atoms with Crippen LogP contribution >= 0.6 is 0 Å². The highest BCUT2D eigenvalue weighted by Gasteiger charge is 2.53. The zero-order valence-electron chi connectivity index (χ0n) is 22.8. The summed E-state index contributed by atoms with van der Waals surface area (Å²) in [6.45, 7) is 9.96. The molecular formula is C27H48N4O5. The third-order valence-corrected chi connectivity index (χ3v) is 7.87. The van der Waals surface area contributed by atoms with Gasteiger partial charge < -0.3 is 20.3 Å². The molecule has 3 aliphatic rings. The lowest BCUT2D eigenvalue weighted by Crippen LogP contribution is -2.73. The van der Waals surface area contributed by atoms with Gasteiger partial charge in [-0.1, -0.05) is 53.4 Å². The second kappa shape index (κ2) is 13.6. The summed E-state index contributed by atoms with van der Waals surface area (Å²) in [5.74, 6) is 0.618. The molecule has 2 heterocycles. The predicted octanol–water partition coefficient (Wildman–Crippen LogP) is 3.91. The zero-order valence-corrected chi connectivity index (χ0v) is 22.8. The fraction of sp³-hybridized carbons (Fsp3) is 0.889. The highest BCUT2D eigenvalue weighted by molar-refractivity contribution is 5.92. The van der Waals surface area contributed by atoms with Crippen LogP contribution < -0.4 is 5.73 Å². The summed E-state index contributed by atoms with van der Waals surface area (Å²) in [7, 11) is 0. The summed E-state index contributed by atoms with van der Waals surface area (Å²) in [5, 5.41) is 1.27. The number of carbonyl (C=O) groups excluding carboxylic acids is 3. The quantitative estimate of drug-likeness (QED) is 0.424. The summed E-state index contributed by atoms with van der Waals surface area (Å²) in [4.78, 5) is 50.2. The molecule has 3 rings (SSSR count). The van der Waals surface area contributed by atoms with Gasteiger partial charge in [-0.05, 0) is 62.8 Å². The van der Waals surface area contributed by atoms with Gasteiger partial charge in [0, 0.05) is 6.54 Å². The smallest absolute Gasteiger partial charge is 0.436 e. The van der Waals surface area contributed by atoms with E-state index in [0.29, 0.717) is 44.4 Å². The number of hydroxylamine groups is 2. The minimum absolute atomic E-state index is 0.0439. The van der Waals surface area contributed by atoms with E-state index in [-0.39, 0.29) is 24.3 Å². The van der Waals surface area contributed by atoms with E-state index in [9.17, 15) is 14.4 Å². The second-order valence-electron chi connectivity index (χ2n) is 11.4. The summed E-state index contributed by atoms with van der Waals surface area (Å²) in [6.07, 6.45) is 7.09. The Labute approximate surface area is 216 Å². The van der Waals surface area contributed by atoms with Gasteiger partial charge in [0.25, 0.3) is 5.91 Å². The maximum atomic E-state index is 13.7. The number of nitrogens with two attached hydrogens (primary N) is 1. The number of unbranched alkanes of at least 4 members (excludes halogenated alkanes) is 1. The molecule has 206 valence electrons. The second-order valence-corrected chi connectivity index (χ2v) is 11.4. The number of piperazine rings is 1. The SMILES string of the molecule is CCC(C)CN1CC2N(C(=O)OCC3CCCCC3)O[C@H](CC(C)C)C(=O)N2[C@@H](CCCCN)C1=O. The van der Waals surface area contributed by atoms with Crippen LogP contribution in [-0.2, 0) is 19.2 Å². The molecule has 2 aliphatic heterocycles. The van der Waals surface area contributed by atoms with Gasteiger partial charge in [0.15, 0.2) is 12.3 Å². The van der Waals surface area contributed by atoms with Crippen molar-refractivity contribution in [3.05, 3.63) is 0 Å². The van der Waals surface area contributed by atoms with Gasteiger partial charge >= 0.3 is 6.09 Å². The van der Waals surface area contributed by atoms with E-state index in [1.165, 1.54) is 24.3 Å². The van der Waals surface area contributed by atoms with Crippen LogP contribution in [0.2, 0.25) is 0 Å². The number of carbonyl (C=O) groups is 3. The van der Waals surface area contributed by atoms with Crippen LogP contribution in [0, 0.1) is 17.8 Å². The van der Waals surface area contributed by atoms with Gasteiger partial charge in [-0.3, -0.25) is 14.4 Å². The average molecular weight is 509 g/mol. The molecule has 0 spiro atoms. The van der Waals surface area contributed by atoms with Crippen molar-refractivity contribution in [2.75, 3.05) is 26.2 Å². The Morgan fingerprint density at radius 3 is 2.47 bits per heavy atom. The number of hydrogen-bond donors (Lipinski definition) is 1. The number of hydrogen-bond acceptors (Lipinski definition) is 6. The van der Waals surface area contributed by atoms with Gasteiger partial charge in [-0.25, -0.2) is 4.79 Å². The predicted molar refractivity (Wildman–Crippen MR) is 137 cm³/mol. The van der Waals surface area contributed by atoms with Gasteiger partial charge in [0.05, 0.1) is 13.2 Å². The van der Waals surface area contributed by atoms with E-state index >= 15 is 0 Å². The molecule has 1 aliphatic carbocycles. The van der Waals surface area contributed by atoms with E-state index in [1.54, 1.807) is 4.90 Å². The molecular weight excluding hydrogens is 460 g/mol. The zero-order chi connectivity index (χ0) is 26.2. The third-order valence-electron chi connectivity index (χ3n) is 7.87. The fourth-order valence-electron chi connectivity index (χ4n) is 5.58. The van der Waals surface area contributed by atoms with Crippen molar-refractivity contribution in [2.24, 2.45) is 23.5 Å². The number of rotatable bonds is 11. The molecule has 4 atom stereocenters. The van der Waals surface area contributed by atoms with Crippen LogP contribution in [0.4, 0.5) is 4.79 Å². The lowest BCUT2D eigenvalue weighted by molar-refractivity contribution is -0.269. The molecule has 0 aromatic carbocycles. The largest absolute Gasteiger partial charge is 0.448 e. The van der Waals surface area contributed by atoms with Crippen LogP contribution in [0.25, 0.3) is 0 Å². The minimum atomic E-state index is -0.811. The molecule has 0 radical (unpaired) electrons. The van der Waals surface area contributed by atoms with Gasteiger partial charge in [-0.2, -0.15) is 5.06 Å². The maximum Gasteiger partial charge on any atom is 0.436 e. The number of nitrogens with zero attached hydrogens (tertiary/aromatic N) is 3. The Morgan fingerprint density at radius 2 is 1.83 bits per heavy atom. The normalized spacial score (nSPS) is 26.4. The summed E-state index contributed by atoms with van der Waals surface area (Å²) in [5.41, 5.74) is 5.72. The Hall–Kier alpha value is -1.87. The lowest BCUT2D eigenvalue weighted by Gasteiger charge is -2.53. The van der Waals surface area contributed by atoms with Crippen molar-refractivity contribution < 1.29 is 24.0 Å². The molecule has 3 fully saturated rings. The standard InChI is InChI=1S/C27H48N4O5/c1-5-20(4)16-29-17-24-30(22(25(29)32)13-9-10-14-28)26(33)23(15-19(2)3)36-31(24)27(34)35-18-21-11-7-6-8-12-21/h19-24H,5-18,28H2,1-4H3/t20?,22-,23+,24?/m0/s1. The molecule has 0 aromatic rings. The Morgan fingerprint density at radius 1 is 1.11 bits per heavy atom. The van der Waals surface area contributed by atoms with Gasteiger partial charge in [-0.15, -0.1) is 0 Å². The molecule has 9 nitrogen and oxygen atoms in total. The first-order chi connectivity index (χ1) is 17.3. The van der Waals surface area contributed by atoms with E-state index in [1.807, 2.05) is 18.7 Å². The van der Waals surface area contributed by atoms with Gasteiger partial charge in [0.1, 0.15) is 6.04 Å². The van der Waals surface area contributed by atoms with E-state index in [2.05, 4.69) is 13.8 Å². The van der Waals surface area contributed by atoms with Crippen molar-refractivity contribution in [3.8, 4) is 0 Å². The molecule has 2 N–H and O–H groups in total. The number of amides is 3. The lowest BCUT2D eigenvalue weighted by atomic mass is 9.90. The van der Waals surface area contributed by atoms with Crippen molar-refractivity contribution in [3.63, 3.8) is 0 Å². The molecule has 9 heteroatoms. The highest BCUT2D eigenvalue weighted by Crippen LogP contribution is 2.32. The first kappa shape index (κ1) is 28.7. The van der Waals surface area contributed by atoms with Crippen molar-refractivity contribution in [1.82, 2.24) is 14.9 Å². The van der Waals surface area contributed by atoms with Crippen LogP contribution in [0.1, 0.15) is 91.9 Å². The number of fused-ring (bicyclic) bond motifs is 1. The topological polar surface area (TPSA) is 105 Å². The molecule has 1 saturated carbocycles. The van der Waals surface area contributed by atoms with E-state index in [4.69, 9.17) is 15.3 Å². The van der Waals surface area contributed by atoms with Crippen molar-refractivity contribution in [2.45, 2.75) is 110 Å². The number of ether oxygens (including phenoxy) is 1. The van der Waals surface area contributed by atoms with E-state index < -0.39 is 24.4 Å². The first-order valence-corrected chi connectivity index (χ1v) is 14.2. The van der Waals surface area contributed by atoms with Crippen molar-refractivity contribution in [1.29, 1.82) is 0 Å². The fourth-order valence-corrected chi connectivity index (χ4v) is 5.58. The Balaban J connectivity index is 1.86. The van der Waals surface area contributed by atoms with E-state index in [0.717, 1.165) is 32.1 Å². The van der Waals surface area contributed by atoms with Gasteiger partial charge in [0.2, 0.25) is 5.91 Å². The third kappa shape index (κ3) is 7.12. The highest BCUT2D eigenvalue weighted by atomic mass is 16.7. The molecule has 2 unspecified atom stereocenters. The molecule has 0 aromatic heterocycles. The molecule has 0 bridgehead atoms. The van der Waals surface area contributed by atoms with Crippen LogP contribution in [0.3, 0.4) is 0 Å². The molecule has 3 amide bonds. The summed E-state index contributed by atoms with van der Waals surface area (Å²) >= 11 is 0. The Bertz CT molecular complexity index is 742. The summed E-state index contributed by atoms with van der Waals surface area (Å²) < 4.78 is 5.76. The maximum absolute atomic E-state index is 13.7. The Kier molecular flexibility index (Phi) is 10.8. The summed E-state index contributed by atoms with van der Waals surface area (Å²) in [6, 6.07) is -0.626. The monoisotopic (exact) mass is 508 g/mol. The minimum Gasteiger partial charge on any atom is -0.448 e. The molecule has 2 saturated heterocycles. The first-order valence-electron chi connectivity index (χ1n) is 14.2. The van der Waals surface area contributed by atoms with Crippen LogP contribution in [0.15, 0.2) is 0 Å². The average Bonchev–Trinajstić information content (AvgIpc) is 2.86.